The molecule has 4 fully saturated rings. The van der Waals surface area contributed by atoms with Crippen LogP contribution < -0.4 is 0 Å². The fourth-order valence-electron chi connectivity index (χ4n) is 12.5. The van der Waals surface area contributed by atoms with Gasteiger partial charge in [-0.05, 0) is 130 Å². The third-order valence-corrected chi connectivity index (χ3v) is 15.2. The number of ether oxygens (including phenoxy) is 2. The normalized spacial score (nSPS) is 36.1. The van der Waals surface area contributed by atoms with Gasteiger partial charge in [0.2, 0.25) is 0 Å². The van der Waals surface area contributed by atoms with E-state index in [2.05, 4.69) is 51.1 Å². The van der Waals surface area contributed by atoms with Crippen molar-refractivity contribution in [2.75, 3.05) is 6.61 Å². The number of carbonyl (C=O) groups excluding carboxylic acids is 2. The third kappa shape index (κ3) is 7.36. The van der Waals surface area contributed by atoms with Crippen LogP contribution in [0.3, 0.4) is 0 Å². The quantitative estimate of drug-likeness (QED) is 0.201. The lowest BCUT2D eigenvalue weighted by Crippen LogP contribution is -2.73. The Morgan fingerprint density at radius 1 is 0.980 bits per heavy atom. The van der Waals surface area contributed by atoms with E-state index in [4.69, 9.17) is 9.47 Å². The number of esters is 2. The fraction of sp³-hybridized carbons (Fsp3) is 0.773. The highest BCUT2D eigenvalue weighted by atomic mass is 16.5. The van der Waals surface area contributed by atoms with Crippen LogP contribution in [0.4, 0.5) is 0 Å². The maximum absolute atomic E-state index is 13.4. The molecule has 6 rings (SSSR count). The molecule has 6 heteroatoms. The van der Waals surface area contributed by atoms with E-state index in [0.717, 1.165) is 44.1 Å². The van der Waals surface area contributed by atoms with Crippen molar-refractivity contribution in [3.63, 3.8) is 0 Å². The Balaban J connectivity index is 1.30. The molecule has 6 nitrogen and oxygen atoms in total. The molecule has 50 heavy (non-hydrogen) atoms. The van der Waals surface area contributed by atoms with Gasteiger partial charge in [0.25, 0.3) is 0 Å². The fourth-order valence-corrected chi connectivity index (χ4v) is 12.5. The molecule has 0 radical (unpaired) electrons. The molecule has 5 aliphatic rings. The summed E-state index contributed by atoms with van der Waals surface area (Å²) >= 11 is 0. The van der Waals surface area contributed by atoms with E-state index in [0.29, 0.717) is 49.4 Å². The number of benzene rings is 1. The first-order valence-corrected chi connectivity index (χ1v) is 20.4. The van der Waals surface area contributed by atoms with Gasteiger partial charge in [-0.1, -0.05) is 83.2 Å². The molecular formula is C44H66O6. The van der Waals surface area contributed by atoms with Crippen LogP contribution in [-0.2, 0) is 25.5 Å². The lowest BCUT2D eigenvalue weighted by atomic mass is 9.38. The van der Waals surface area contributed by atoms with Gasteiger partial charge >= 0.3 is 11.9 Å². The van der Waals surface area contributed by atoms with Gasteiger partial charge in [-0.3, -0.25) is 4.79 Å². The van der Waals surface area contributed by atoms with Gasteiger partial charge in [0.05, 0.1) is 11.7 Å². The zero-order chi connectivity index (χ0) is 35.6. The maximum atomic E-state index is 13.4. The summed E-state index contributed by atoms with van der Waals surface area (Å²) in [5.41, 5.74) is 0.642. The molecule has 0 bridgehead atoms. The minimum atomic E-state index is -1.18. The largest absolute Gasteiger partial charge is 0.462 e. The van der Waals surface area contributed by atoms with Crippen molar-refractivity contribution >= 4 is 11.9 Å². The van der Waals surface area contributed by atoms with Crippen molar-refractivity contribution in [2.45, 2.75) is 167 Å². The van der Waals surface area contributed by atoms with Crippen LogP contribution in [0, 0.1) is 39.9 Å². The summed E-state index contributed by atoms with van der Waals surface area (Å²) in [5, 5.41) is 25.9. The number of hydrogen-bond donors (Lipinski definition) is 2. The second-order valence-electron chi connectivity index (χ2n) is 18.1. The Hall–Kier alpha value is -2.18. The number of fused-ring (bicyclic) bond motifs is 1. The van der Waals surface area contributed by atoms with E-state index in [9.17, 15) is 19.8 Å². The monoisotopic (exact) mass is 690 g/mol. The molecule has 1 aromatic rings. The van der Waals surface area contributed by atoms with E-state index < -0.39 is 17.1 Å². The number of aliphatic hydroxyl groups is 2. The Labute approximate surface area is 302 Å². The third-order valence-electron chi connectivity index (χ3n) is 15.2. The highest BCUT2D eigenvalue weighted by Crippen LogP contribution is 2.70. The number of hydrogen-bond acceptors (Lipinski definition) is 6. The molecule has 1 heterocycles. The summed E-state index contributed by atoms with van der Waals surface area (Å²) in [5.74, 6) is 0.102. The average Bonchev–Trinajstić information content (AvgIpc) is 3.73. The first-order valence-electron chi connectivity index (χ1n) is 20.4. The molecule has 8 atom stereocenters. The molecule has 4 aliphatic carbocycles. The van der Waals surface area contributed by atoms with Crippen LogP contribution in [-0.4, -0.2) is 46.6 Å². The van der Waals surface area contributed by atoms with Gasteiger partial charge < -0.3 is 19.7 Å². The molecule has 1 spiro atoms. The summed E-state index contributed by atoms with van der Waals surface area (Å²) in [6.45, 7) is 8.70. The van der Waals surface area contributed by atoms with Crippen molar-refractivity contribution in [2.24, 2.45) is 39.9 Å². The molecule has 1 aliphatic heterocycles. The molecule has 1 aromatic carbocycles. The van der Waals surface area contributed by atoms with Gasteiger partial charge in [-0.25, -0.2) is 4.79 Å². The predicted molar refractivity (Wildman–Crippen MR) is 197 cm³/mol. The van der Waals surface area contributed by atoms with E-state index in [1.54, 1.807) is 6.08 Å². The maximum Gasteiger partial charge on any atom is 0.331 e. The first kappa shape index (κ1) is 37.6. The lowest BCUT2D eigenvalue weighted by molar-refractivity contribution is -0.301. The van der Waals surface area contributed by atoms with Gasteiger partial charge in [0, 0.05) is 24.3 Å². The molecule has 0 amide bonds. The van der Waals surface area contributed by atoms with E-state index >= 15 is 0 Å². The molecular weight excluding hydrogens is 624 g/mol. The van der Waals surface area contributed by atoms with Crippen LogP contribution in [0.25, 0.3) is 0 Å². The van der Waals surface area contributed by atoms with Crippen LogP contribution in [0.5, 0.6) is 0 Å². The van der Waals surface area contributed by atoms with E-state index in [-0.39, 0.29) is 41.9 Å². The van der Waals surface area contributed by atoms with Gasteiger partial charge in [0.15, 0.2) is 0 Å². The molecule has 4 saturated carbocycles. The summed E-state index contributed by atoms with van der Waals surface area (Å²) < 4.78 is 11.6. The molecule has 8 unspecified atom stereocenters. The SMILES string of the molecule is CC(=O)OC1CC(C)C(O)(CCC2=CC(=O)OC2)C2(CCCC(C)CCCc3ccccc3)C(O)CCC(C)(C3CCC4(CCCC4)CC3)C12. The van der Waals surface area contributed by atoms with Gasteiger partial charge in [-0.2, -0.15) is 0 Å². The van der Waals surface area contributed by atoms with E-state index in [1.165, 1.54) is 63.9 Å². The summed E-state index contributed by atoms with van der Waals surface area (Å²) in [6, 6.07) is 10.7. The van der Waals surface area contributed by atoms with Crippen molar-refractivity contribution in [1.82, 2.24) is 0 Å². The molecule has 2 N–H and O–H groups in total. The molecule has 0 aromatic heterocycles. The summed E-state index contributed by atoms with van der Waals surface area (Å²) in [4.78, 5) is 24.8. The summed E-state index contributed by atoms with van der Waals surface area (Å²) in [6.07, 6.45) is 20.1. The highest BCUT2D eigenvalue weighted by molar-refractivity contribution is 5.85. The number of rotatable bonds is 13. The summed E-state index contributed by atoms with van der Waals surface area (Å²) in [7, 11) is 0. The predicted octanol–water partition coefficient (Wildman–Crippen LogP) is 9.30. The van der Waals surface area contributed by atoms with Crippen molar-refractivity contribution in [1.29, 1.82) is 0 Å². The standard InChI is InChI=1S/C44H66O6/c1-31(12-10-16-34-14-6-5-7-15-34)13-11-23-43-38(46)20-24-41(4,36-18-25-42(26-19-36)21-8-9-22-42)40(43)37(50-33(3)45)28-32(2)44(43,48)27-17-35-29-39(47)49-30-35/h5-7,14-15,29,31-32,36-38,40,46,48H,8-13,16-28,30H2,1-4H3. The second-order valence-corrected chi connectivity index (χ2v) is 18.1. The Kier molecular flexibility index (Phi) is 11.6. The van der Waals surface area contributed by atoms with Crippen LogP contribution >= 0.6 is 0 Å². The van der Waals surface area contributed by atoms with Crippen molar-refractivity contribution < 1.29 is 29.3 Å². The minimum Gasteiger partial charge on any atom is -0.462 e. The average molecular weight is 691 g/mol. The topological polar surface area (TPSA) is 93.1 Å². The Morgan fingerprint density at radius 2 is 1.68 bits per heavy atom. The molecule has 0 saturated heterocycles. The first-order chi connectivity index (χ1) is 23.9. The Bertz CT molecular complexity index is 1340. The van der Waals surface area contributed by atoms with Crippen molar-refractivity contribution in [3.05, 3.63) is 47.5 Å². The number of carbonyl (C=O) groups is 2. The number of cyclic esters (lactones) is 1. The minimum absolute atomic E-state index is 0.143. The number of aliphatic hydroxyl groups excluding tert-OH is 1. The molecule has 278 valence electrons. The van der Waals surface area contributed by atoms with Gasteiger partial charge in [-0.15, -0.1) is 0 Å². The van der Waals surface area contributed by atoms with Crippen molar-refractivity contribution in [3.8, 4) is 0 Å². The van der Waals surface area contributed by atoms with E-state index in [1.807, 2.05) is 0 Å². The smallest absolute Gasteiger partial charge is 0.331 e. The van der Waals surface area contributed by atoms with Crippen LogP contribution in [0.2, 0.25) is 0 Å². The Morgan fingerprint density at radius 3 is 2.34 bits per heavy atom. The number of aryl methyl sites for hydroxylation is 1. The lowest BCUT2D eigenvalue weighted by Gasteiger charge is -2.69. The zero-order valence-electron chi connectivity index (χ0n) is 31.6. The zero-order valence-corrected chi connectivity index (χ0v) is 31.6. The highest BCUT2D eigenvalue weighted by Gasteiger charge is 2.71. The second kappa shape index (κ2) is 15.4. The van der Waals surface area contributed by atoms with Crippen LogP contribution in [0.1, 0.15) is 149 Å². The van der Waals surface area contributed by atoms with Gasteiger partial charge in [0.1, 0.15) is 12.7 Å². The van der Waals surface area contributed by atoms with Crippen LogP contribution in [0.15, 0.2) is 42.0 Å².